The van der Waals surface area contributed by atoms with Gasteiger partial charge in [-0.15, -0.1) is 0 Å². The summed E-state index contributed by atoms with van der Waals surface area (Å²) in [4.78, 5) is 14.4. The molecule has 6 nitrogen and oxygen atoms in total. The number of hydrogen-bond donors (Lipinski definition) is 2. The Labute approximate surface area is 166 Å². The minimum atomic E-state index is -0.174. The van der Waals surface area contributed by atoms with Crippen LogP contribution in [0.2, 0.25) is 0 Å². The summed E-state index contributed by atoms with van der Waals surface area (Å²) < 4.78 is 10.5. The molecule has 28 heavy (non-hydrogen) atoms. The van der Waals surface area contributed by atoms with Crippen molar-refractivity contribution in [3.8, 4) is 11.5 Å². The highest BCUT2D eigenvalue weighted by atomic mass is 16.5. The SMILES string of the molecule is COc1ccc(CNC(=O)NCCc2ccc3c(c2)CCCN3C)cc1OC. The van der Waals surface area contributed by atoms with Crippen LogP contribution in [-0.2, 0) is 19.4 Å². The van der Waals surface area contributed by atoms with Gasteiger partial charge in [-0.2, -0.15) is 0 Å². The van der Waals surface area contributed by atoms with E-state index in [-0.39, 0.29) is 6.03 Å². The molecular weight excluding hydrogens is 354 g/mol. The molecule has 0 radical (unpaired) electrons. The molecule has 1 aliphatic heterocycles. The minimum Gasteiger partial charge on any atom is -0.493 e. The molecule has 0 bridgehead atoms. The van der Waals surface area contributed by atoms with Crippen molar-refractivity contribution < 1.29 is 14.3 Å². The van der Waals surface area contributed by atoms with Crippen LogP contribution in [0.1, 0.15) is 23.1 Å². The molecule has 0 atom stereocenters. The Morgan fingerprint density at radius 3 is 2.61 bits per heavy atom. The number of anilines is 1. The van der Waals surface area contributed by atoms with Gasteiger partial charge in [0.05, 0.1) is 14.2 Å². The van der Waals surface area contributed by atoms with E-state index in [1.165, 1.54) is 23.2 Å². The molecule has 6 heteroatoms. The largest absolute Gasteiger partial charge is 0.493 e. The number of benzene rings is 2. The third kappa shape index (κ3) is 4.88. The van der Waals surface area contributed by atoms with Crippen LogP contribution in [0.5, 0.6) is 11.5 Å². The maximum Gasteiger partial charge on any atom is 0.315 e. The molecule has 150 valence electrons. The van der Waals surface area contributed by atoms with Crippen molar-refractivity contribution in [3.63, 3.8) is 0 Å². The Kier molecular flexibility index (Phi) is 6.63. The van der Waals surface area contributed by atoms with Gasteiger partial charge in [-0.05, 0) is 54.2 Å². The maximum atomic E-state index is 12.1. The highest BCUT2D eigenvalue weighted by Gasteiger charge is 2.13. The first-order valence-corrected chi connectivity index (χ1v) is 9.66. The maximum absolute atomic E-state index is 12.1. The fraction of sp³-hybridized carbons (Fsp3) is 0.409. The van der Waals surface area contributed by atoms with Crippen LogP contribution in [0.3, 0.4) is 0 Å². The average molecular weight is 383 g/mol. The van der Waals surface area contributed by atoms with E-state index < -0.39 is 0 Å². The highest BCUT2D eigenvalue weighted by molar-refractivity contribution is 5.73. The van der Waals surface area contributed by atoms with Crippen LogP contribution in [0.4, 0.5) is 10.5 Å². The van der Waals surface area contributed by atoms with E-state index in [2.05, 4.69) is 40.8 Å². The smallest absolute Gasteiger partial charge is 0.315 e. The van der Waals surface area contributed by atoms with E-state index in [0.717, 1.165) is 24.9 Å². The van der Waals surface area contributed by atoms with Crippen LogP contribution in [0, 0.1) is 0 Å². The fourth-order valence-electron chi connectivity index (χ4n) is 3.55. The number of nitrogens with one attached hydrogen (secondary N) is 2. The van der Waals surface area contributed by atoms with Crippen LogP contribution in [0.15, 0.2) is 36.4 Å². The van der Waals surface area contributed by atoms with E-state index in [0.29, 0.717) is 24.6 Å². The van der Waals surface area contributed by atoms with Gasteiger partial charge in [0.1, 0.15) is 0 Å². The molecular formula is C22H29N3O3. The van der Waals surface area contributed by atoms with Crippen molar-refractivity contribution in [1.82, 2.24) is 10.6 Å². The molecule has 2 amide bonds. The van der Waals surface area contributed by atoms with Gasteiger partial charge < -0.3 is 25.0 Å². The number of carbonyl (C=O) groups excluding carboxylic acids is 1. The van der Waals surface area contributed by atoms with Crippen LogP contribution in [0.25, 0.3) is 0 Å². The first-order valence-electron chi connectivity index (χ1n) is 9.66. The second-order valence-corrected chi connectivity index (χ2v) is 7.04. The van der Waals surface area contributed by atoms with Crippen molar-refractivity contribution in [3.05, 3.63) is 53.1 Å². The lowest BCUT2D eigenvalue weighted by molar-refractivity contribution is 0.240. The highest BCUT2D eigenvalue weighted by Crippen LogP contribution is 2.28. The first-order chi connectivity index (χ1) is 13.6. The van der Waals surface area contributed by atoms with Gasteiger partial charge in [-0.1, -0.05) is 18.2 Å². The number of carbonyl (C=O) groups is 1. The lowest BCUT2D eigenvalue weighted by Crippen LogP contribution is -2.36. The fourth-order valence-corrected chi connectivity index (χ4v) is 3.55. The lowest BCUT2D eigenvalue weighted by Gasteiger charge is -2.27. The predicted molar refractivity (Wildman–Crippen MR) is 112 cm³/mol. The van der Waals surface area contributed by atoms with Crippen molar-refractivity contribution in [1.29, 1.82) is 0 Å². The molecule has 0 spiro atoms. The molecule has 1 aliphatic rings. The quantitative estimate of drug-likeness (QED) is 0.771. The number of rotatable bonds is 7. The molecule has 0 fully saturated rings. The Hall–Kier alpha value is -2.89. The second-order valence-electron chi connectivity index (χ2n) is 7.04. The standard InChI is InChI=1S/C22H29N3O3/c1-25-12-4-5-18-13-16(6-8-19(18)25)10-11-23-22(26)24-15-17-7-9-20(27-2)21(14-17)28-3/h6-9,13-14H,4-5,10-12,15H2,1-3H3,(H2,23,24,26). The third-order valence-corrected chi connectivity index (χ3v) is 5.10. The van der Waals surface area contributed by atoms with Gasteiger partial charge in [0.2, 0.25) is 0 Å². The number of methoxy groups -OCH3 is 2. The lowest BCUT2D eigenvalue weighted by atomic mass is 9.98. The van der Waals surface area contributed by atoms with E-state index in [9.17, 15) is 4.79 Å². The Morgan fingerprint density at radius 2 is 1.82 bits per heavy atom. The zero-order valence-electron chi connectivity index (χ0n) is 16.9. The second kappa shape index (κ2) is 9.35. The number of aryl methyl sites for hydroxylation is 1. The molecule has 1 heterocycles. The molecule has 0 unspecified atom stereocenters. The average Bonchev–Trinajstić information content (AvgIpc) is 2.72. The normalized spacial score (nSPS) is 12.9. The first kappa shape index (κ1) is 19.9. The van der Waals surface area contributed by atoms with E-state index in [4.69, 9.17) is 9.47 Å². The summed E-state index contributed by atoms with van der Waals surface area (Å²) in [7, 11) is 5.34. The topological polar surface area (TPSA) is 62.8 Å². The predicted octanol–water partition coefficient (Wildman–Crippen LogP) is 3.13. The van der Waals surface area contributed by atoms with Crippen molar-refractivity contribution in [2.45, 2.75) is 25.8 Å². The summed E-state index contributed by atoms with van der Waals surface area (Å²) in [6.07, 6.45) is 3.15. The number of fused-ring (bicyclic) bond motifs is 1. The van der Waals surface area contributed by atoms with Crippen LogP contribution < -0.4 is 25.0 Å². The molecule has 0 saturated carbocycles. The summed E-state index contributed by atoms with van der Waals surface area (Å²) in [5, 5.41) is 5.80. The minimum absolute atomic E-state index is 0.174. The monoisotopic (exact) mass is 383 g/mol. The number of hydrogen-bond acceptors (Lipinski definition) is 4. The Balaban J connectivity index is 1.45. The van der Waals surface area contributed by atoms with Gasteiger partial charge in [-0.3, -0.25) is 0 Å². The summed E-state index contributed by atoms with van der Waals surface area (Å²) in [6.45, 7) is 2.15. The van der Waals surface area contributed by atoms with E-state index in [1.807, 2.05) is 18.2 Å². The molecule has 0 aromatic heterocycles. The molecule has 2 aromatic rings. The van der Waals surface area contributed by atoms with Crippen molar-refractivity contribution in [2.24, 2.45) is 0 Å². The summed E-state index contributed by atoms with van der Waals surface area (Å²) >= 11 is 0. The molecule has 3 rings (SSSR count). The summed E-state index contributed by atoms with van der Waals surface area (Å²) in [5.41, 5.74) is 4.95. The molecule has 2 aromatic carbocycles. The van der Waals surface area contributed by atoms with Crippen LogP contribution >= 0.6 is 0 Å². The Morgan fingerprint density at radius 1 is 1.04 bits per heavy atom. The van der Waals surface area contributed by atoms with Crippen molar-refractivity contribution in [2.75, 3.05) is 39.3 Å². The van der Waals surface area contributed by atoms with E-state index in [1.54, 1.807) is 14.2 Å². The number of nitrogens with zero attached hydrogens (tertiary/aromatic N) is 1. The van der Waals surface area contributed by atoms with Gasteiger partial charge >= 0.3 is 6.03 Å². The van der Waals surface area contributed by atoms with Gasteiger partial charge in [0, 0.05) is 32.4 Å². The molecule has 0 aliphatic carbocycles. The van der Waals surface area contributed by atoms with Gasteiger partial charge in [-0.25, -0.2) is 4.79 Å². The number of urea groups is 1. The summed E-state index contributed by atoms with van der Waals surface area (Å²) in [6, 6.07) is 12.1. The Bertz CT molecular complexity index is 823. The third-order valence-electron chi connectivity index (χ3n) is 5.10. The van der Waals surface area contributed by atoms with E-state index >= 15 is 0 Å². The van der Waals surface area contributed by atoms with Gasteiger partial charge in [0.25, 0.3) is 0 Å². The molecule has 2 N–H and O–H groups in total. The van der Waals surface area contributed by atoms with Gasteiger partial charge in [0.15, 0.2) is 11.5 Å². The zero-order chi connectivity index (χ0) is 19.9. The number of ether oxygens (including phenoxy) is 2. The summed E-state index contributed by atoms with van der Waals surface area (Å²) in [5.74, 6) is 1.33. The zero-order valence-corrected chi connectivity index (χ0v) is 16.9. The van der Waals surface area contributed by atoms with Crippen LogP contribution in [-0.4, -0.2) is 40.4 Å². The van der Waals surface area contributed by atoms with Crippen molar-refractivity contribution >= 4 is 11.7 Å². The number of amides is 2. The molecule has 0 saturated heterocycles.